The van der Waals surface area contributed by atoms with Gasteiger partial charge in [-0.2, -0.15) is 13.5 Å². The van der Waals surface area contributed by atoms with Crippen molar-refractivity contribution in [1.82, 2.24) is 14.7 Å². The fraction of sp³-hybridized carbons (Fsp3) is 0.227. The van der Waals surface area contributed by atoms with Crippen LogP contribution in [0, 0.1) is 0 Å². The average molecular weight is 472 g/mol. The summed E-state index contributed by atoms with van der Waals surface area (Å²) in [6.07, 6.45) is 4.57. The van der Waals surface area contributed by atoms with Crippen LogP contribution in [-0.4, -0.2) is 48.4 Å². The molecule has 10 heteroatoms. The summed E-state index contributed by atoms with van der Waals surface area (Å²) in [4.78, 5) is 14.5. The van der Waals surface area contributed by atoms with Crippen molar-refractivity contribution in [3.8, 4) is 0 Å². The number of sulfonamides is 1. The molecule has 4 rings (SSSR count). The van der Waals surface area contributed by atoms with Crippen molar-refractivity contribution in [3.05, 3.63) is 77.1 Å². The quantitative estimate of drug-likeness (QED) is 0.591. The summed E-state index contributed by atoms with van der Waals surface area (Å²) in [5, 5.41) is 7.56. The Balaban J connectivity index is 1.48. The Morgan fingerprint density at radius 1 is 1.22 bits per heavy atom. The number of aromatic nitrogens is 2. The van der Waals surface area contributed by atoms with Gasteiger partial charge in [0.1, 0.15) is 5.84 Å². The Morgan fingerprint density at radius 2 is 2.03 bits per heavy atom. The smallest absolute Gasteiger partial charge is 0.284 e. The monoisotopic (exact) mass is 471 g/mol. The van der Waals surface area contributed by atoms with Crippen molar-refractivity contribution >= 4 is 39.1 Å². The van der Waals surface area contributed by atoms with Gasteiger partial charge in [-0.25, -0.2) is 0 Å². The van der Waals surface area contributed by atoms with Crippen molar-refractivity contribution in [2.24, 2.45) is 4.40 Å². The third-order valence-electron chi connectivity index (χ3n) is 5.14. The molecule has 0 radical (unpaired) electrons. The van der Waals surface area contributed by atoms with Crippen molar-refractivity contribution in [1.29, 1.82) is 0 Å². The number of nitrogens with one attached hydrogen (secondary N) is 1. The molecule has 166 valence electrons. The van der Waals surface area contributed by atoms with Gasteiger partial charge in [-0.15, -0.1) is 4.40 Å². The second-order valence-electron chi connectivity index (χ2n) is 7.51. The largest absolute Gasteiger partial charge is 0.362 e. The molecule has 0 saturated carbocycles. The number of amidine groups is 1. The molecule has 1 saturated heterocycles. The molecule has 1 aliphatic rings. The molecule has 1 fully saturated rings. The number of anilines is 1. The molecule has 1 aliphatic heterocycles. The van der Waals surface area contributed by atoms with Crippen LogP contribution in [0.4, 0.5) is 5.69 Å². The van der Waals surface area contributed by atoms with E-state index in [-0.39, 0.29) is 4.90 Å². The molecule has 2 heterocycles. The first-order valence-corrected chi connectivity index (χ1v) is 11.9. The molecular formula is C22H22ClN5O3S. The van der Waals surface area contributed by atoms with Gasteiger partial charge in [0.15, 0.2) is 0 Å². The zero-order valence-electron chi connectivity index (χ0n) is 17.4. The second kappa shape index (κ2) is 9.13. The number of carbonyl (C=O) groups excluding carboxylic acids is 1. The normalized spacial score (nSPS) is 15.3. The van der Waals surface area contributed by atoms with Crippen molar-refractivity contribution in [3.63, 3.8) is 0 Å². The topological polar surface area (TPSA) is 96.7 Å². The summed E-state index contributed by atoms with van der Waals surface area (Å²) >= 11 is 6.18. The van der Waals surface area contributed by atoms with Gasteiger partial charge in [-0.1, -0.05) is 35.9 Å². The summed E-state index contributed by atoms with van der Waals surface area (Å²) in [6.45, 7) is 1.21. The van der Waals surface area contributed by atoms with E-state index >= 15 is 0 Å². The van der Waals surface area contributed by atoms with Crippen molar-refractivity contribution < 1.29 is 13.2 Å². The van der Waals surface area contributed by atoms with Gasteiger partial charge in [-0.3, -0.25) is 9.48 Å². The number of nitrogens with zero attached hydrogens (tertiary/aromatic N) is 4. The van der Waals surface area contributed by atoms with Gasteiger partial charge < -0.3 is 10.2 Å². The molecule has 0 spiro atoms. The lowest BCUT2D eigenvalue weighted by molar-refractivity contribution is 0.102. The second-order valence-corrected chi connectivity index (χ2v) is 9.52. The van der Waals surface area contributed by atoms with Gasteiger partial charge in [0, 0.05) is 36.9 Å². The fourth-order valence-electron chi connectivity index (χ4n) is 3.41. The van der Waals surface area contributed by atoms with Crippen LogP contribution in [0.25, 0.3) is 0 Å². The summed E-state index contributed by atoms with van der Waals surface area (Å²) in [5.74, 6) is 0.150. The number of halogens is 1. The first-order chi connectivity index (χ1) is 15.3. The van der Waals surface area contributed by atoms with E-state index in [1.54, 1.807) is 29.1 Å². The minimum absolute atomic E-state index is 0.0255. The van der Waals surface area contributed by atoms with E-state index in [1.807, 2.05) is 30.1 Å². The Morgan fingerprint density at radius 3 is 2.78 bits per heavy atom. The maximum Gasteiger partial charge on any atom is 0.284 e. The molecule has 32 heavy (non-hydrogen) atoms. The van der Waals surface area contributed by atoms with Crippen LogP contribution in [0.1, 0.15) is 28.8 Å². The number of likely N-dealkylation sites (tertiary alicyclic amines) is 1. The van der Waals surface area contributed by atoms with Gasteiger partial charge in [-0.05, 0) is 36.2 Å². The van der Waals surface area contributed by atoms with Crippen LogP contribution < -0.4 is 5.32 Å². The number of rotatable bonds is 6. The van der Waals surface area contributed by atoms with Gasteiger partial charge in [0.05, 0.1) is 23.2 Å². The average Bonchev–Trinajstić information content (AvgIpc) is 3.39. The van der Waals surface area contributed by atoms with Crippen LogP contribution >= 0.6 is 11.6 Å². The molecule has 8 nitrogen and oxygen atoms in total. The van der Waals surface area contributed by atoms with E-state index in [4.69, 9.17) is 11.6 Å². The Kier molecular flexibility index (Phi) is 6.29. The summed E-state index contributed by atoms with van der Waals surface area (Å²) in [7, 11) is -2.04. The zero-order valence-corrected chi connectivity index (χ0v) is 19.0. The van der Waals surface area contributed by atoms with E-state index in [9.17, 15) is 13.2 Å². The lowest BCUT2D eigenvalue weighted by Gasteiger charge is -2.11. The fourth-order valence-corrected chi connectivity index (χ4v) is 4.74. The van der Waals surface area contributed by atoms with Gasteiger partial charge >= 0.3 is 0 Å². The standard InChI is InChI=1S/C22H22ClN5O3S/c1-27-11-5-10-21(27)26-32(30,31)19-8-4-7-18(12-19)25-22(29)17-13-24-28(15-17)14-16-6-2-3-9-20(16)23/h2-4,6-9,12-13,15H,5,10-11,14H2,1H3,(H,25,29)/b26-21+. The molecule has 3 aromatic rings. The number of amides is 1. The van der Waals surface area contributed by atoms with Crippen LogP contribution in [0.5, 0.6) is 0 Å². The van der Waals surface area contributed by atoms with E-state index < -0.39 is 15.9 Å². The predicted molar refractivity (Wildman–Crippen MR) is 124 cm³/mol. The predicted octanol–water partition coefficient (Wildman–Crippen LogP) is 3.65. The molecular weight excluding hydrogens is 450 g/mol. The summed E-state index contributed by atoms with van der Waals surface area (Å²) in [5.41, 5.74) is 1.59. The minimum Gasteiger partial charge on any atom is -0.362 e. The Hall–Kier alpha value is -3.17. The number of carbonyl (C=O) groups is 1. The molecule has 2 aromatic carbocycles. The van der Waals surface area contributed by atoms with E-state index in [2.05, 4.69) is 14.8 Å². The third-order valence-corrected chi connectivity index (χ3v) is 6.80. The van der Waals surface area contributed by atoms with Gasteiger partial charge in [0.2, 0.25) is 0 Å². The zero-order chi connectivity index (χ0) is 22.7. The van der Waals surface area contributed by atoms with Crippen LogP contribution in [0.3, 0.4) is 0 Å². The molecule has 0 unspecified atom stereocenters. The molecule has 0 bridgehead atoms. The lowest BCUT2D eigenvalue weighted by Crippen LogP contribution is -2.20. The van der Waals surface area contributed by atoms with Crippen LogP contribution in [0.2, 0.25) is 5.02 Å². The maximum absolute atomic E-state index is 12.7. The molecule has 1 aromatic heterocycles. The summed E-state index contributed by atoms with van der Waals surface area (Å²) < 4.78 is 31.0. The lowest BCUT2D eigenvalue weighted by atomic mass is 10.2. The molecule has 0 atom stereocenters. The van der Waals surface area contributed by atoms with Crippen molar-refractivity contribution in [2.45, 2.75) is 24.3 Å². The van der Waals surface area contributed by atoms with Gasteiger partial charge in [0.25, 0.3) is 15.9 Å². The van der Waals surface area contributed by atoms with E-state index in [1.165, 1.54) is 18.3 Å². The molecule has 0 aliphatic carbocycles. The van der Waals surface area contributed by atoms with Crippen LogP contribution in [0.15, 0.2) is 70.2 Å². The Bertz CT molecular complexity index is 1290. The molecule has 1 N–H and O–H groups in total. The van der Waals surface area contributed by atoms with E-state index in [0.29, 0.717) is 35.1 Å². The highest BCUT2D eigenvalue weighted by atomic mass is 35.5. The van der Waals surface area contributed by atoms with Crippen molar-refractivity contribution in [2.75, 3.05) is 18.9 Å². The highest BCUT2D eigenvalue weighted by Crippen LogP contribution is 2.21. The minimum atomic E-state index is -3.87. The van der Waals surface area contributed by atoms with E-state index in [0.717, 1.165) is 18.5 Å². The molecule has 1 amide bonds. The highest BCUT2D eigenvalue weighted by molar-refractivity contribution is 7.90. The first kappa shape index (κ1) is 22.0. The number of benzene rings is 2. The maximum atomic E-state index is 12.7. The van der Waals surface area contributed by atoms with Crippen LogP contribution in [-0.2, 0) is 16.6 Å². The number of hydrogen-bond acceptors (Lipinski definition) is 4. The third kappa shape index (κ3) is 5.00. The highest BCUT2D eigenvalue weighted by Gasteiger charge is 2.21. The SMILES string of the molecule is CN1CCC/C1=N\S(=O)(=O)c1cccc(NC(=O)c2cnn(Cc3ccccc3Cl)c2)c1. The Labute approximate surface area is 191 Å². The first-order valence-electron chi connectivity index (χ1n) is 10.0. The number of hydrogen-bond donors (Lipinski definition) is 1. The summed E-state index contributed by atoms with van der Waals surface area (Å²) in [6, 6.07) is 13.5.